The van der Waals surface area contributed by atoms with E-state index in [0.29, 0.717) is 11.6 Å². The summed E-state index contributed by atoms with van der Waals surface area (Å²) in [6, 6.07) is 7.30. The minimum Gasteiger partial charge on any atom is -0.375 e. The topological polar surface area (TPSA) is 69.0 Å². The molecule has 0 saturated carbocycles. The molecule has 1 unspecified atom stereocenters. The average molecular weight is 295 g/mol. The Hall–Kier alpha value is -1.92. The van der Waals surface area contributed by atoms with Crippen LogP contribution < -0.4 is 5.32 Å². The van der Waals surface area contributed by atoms with Gasteiger partial charge in [-0.25, -0.2) is 0 Å². The molecule has 1 atom stereocenters. The Labute approximate surface area is 121 Å². The summed E-state index contributed by atoms with van der Waals surface area (Å²) in [6.45, 7) is 0.341. The molecule has 2 aromatic rings. The molecule has 0 aliphatic rings. The number of benzene rings is 1. The quantitative estimate of drug-likeness (QED) is 0.909. The van der Waals surface area contributed by atoms with Gasteiger partial charge in [-0.1, -0.05) is 28.9 Å². The molecule has 0 aliphatic heterocycles. The van der Waals surface area contributed by atoms with E-state index in [2.05, 4.69) is 15.6 Å². The summed E-state index contributed by atoms with van der Waals surface area (Å²) in [5.41, 5.74) is 1.22. The Morgan fingerprint density at radius 2 is 2.15 bits per heavy atom. The van der Waals surface area contributed by atoms with Crippen molar-refractivity contribution in [3.63, 3.8) is 0 Å². The van der Waals surface area contributed by atoms with Crippen LogP contribution in [0.5, 0.6) is 0 Å². The summed E-state index contributed by atoms with van der Waals surface area (Å²) in [4.78, 5) is 11.9. The number of nitrogens with one attached hydrogen (secondary N) is 1. The van der Waals surface area contributed by atoms with Crippen LogP contribution in [0.25, 0.3) is 0 Å². The molecule has 0 radical (unpaired) electrons. The van der Waals surface area contributed by atoms with Gasteiger partial charge in [-0.15, -0.1) is 5.10 Å². The highest BCUT2D eigenvalue weighted by molar-refractivity contribution is 6.30. The Balaban J connectivity index is 1.97. The molecular weight excluding hydrogens is 280 g/mol. The van der Waals surface area contributed by atoms with Gasteiger partial charge in [-0.3, -0.25) is 9.48 Å². The van der Waals surface area contributed by atoms with Crippen molar-refractivity contribution in [1.29, 1.82) is 0 Å². The van der Waals surface area contributed by atoms with Gasteiger partial charge in [0.25, 0.3) is 5.91 Å². The van der Waals surface area contributed by atoms with E-state index in [1.807, 2.05) is 12.1 Å². The van der Waals surface area contributed by atoms with Crippen molar-refractivity contribution in [2.24, 2.45) is 7.05 Å². The Kier molecular flexibility index (Phi) is 4.70. The third-order valence-corrected chi connectivity index (χ3v) is 3.06. The number of aromatic nitrogens is 3. The fourth-order valence-electron chi connectivity index (χ4n) is 1.74. The third-order valence-electron chi connectivity index (χ3n) is 2.81. The number of halogens is 1. The zero-order valence-corrected chi connectivity index (χ0v) is 12.0. The van der Waals surface area contributed by atoms with Crippen LogP contribution in [-0.4, -0.2) is 34.6 Å². The van der Waals surface area contributed by atoms with Crippen molar-refractivity contribution in [3.05, 3.63) is 46.7 Å². The summed E-state index contributed by atoms with van der Waals surface area (Å²) < 4.78 is 6.84. The molecule has 0 aliphatic carbocycles. The first-order chi connectivity index (χ1) is 9.60. The highest BCUT2D eigenvalue weighted by Gasteiger charge is 2.14. The lowest BCUT2D eigenvalue weighted by molar-refractivity contribution is 0.0824. The summed E-state index contributed by atoms with van der Waals surface area (Å²) in [5, 5.41) is 10.9. The van der Waals surface area contributed by atoms with Crippen LogP contribution in [-0.2, 0) is 11.8 Å². The SMILES string of the molecule is COC(CNC(=O)c1cn(C)nn1)c1ccc(Cl)cc1. The first kappa shape index (κ1) is 14.5. The molecule has 1 aromatic carbocycles. The first-order valence-corrected chi connectivity index (χ1v) is 6.40. The molecule has 0 fully saturated rings. The normalized spacial score (nSPS) is 12.2. The first-order valence-electron chi connectivity index (χ1n) is 6.03. The number of aryl methyl sites for hydroxylation is 1. The number of methoxy groups -OCH3 is 1. The smallest absolute Gasteiger partial charge is 0.273 e. The van der Waals surface area contributed by atoms with Gasteiger partial charge in [0.15, 0.2) is 5.69 Å². The minimum atomic E-state index is -0.283. The molecule has 1 amide bonds. The maximum absolute atomic E-state index is 11.9. The van der Waals surface area contributed by atoms with Crippen LogP contribution in [0.2, 0.25) is 5.02 Å². The van der Waals surface area contributed by atoms with Crippen LogP contribution in [0.4, 0.5) is 0 Å². The van der Waals surface area contributed by atoms with Crippen molar-refractivity contribution < 1.29 is 9.53 Å². The molecule has 2 rings (SSSR count). The fraction of sp³-hybridized carbons (Fsp3) is 0.308. The molecule has 106 valence electrons. The van der Waals surface area contributed by atoms with E-state index < -0.39 is 0 Å². The van der Waals surface area contributed by atoms with Crippen molar-refractivity contribution in [3.8, 4) is 0 Å². The molecule has 1 heterocycles. The van der Waals surface area contributed by atoms with E-state index in [1.165, 1.54) is 4.68 Å². The van der Waals surface area contributed by atoms with Gasteiger partial charge in [0.05, 0.1) is 12.3 Å². The number of carbonyl (C=O) groups excluding carboxylic acids is 1. The van der Waals surface area contributed by atoms with Gasteiger partial charge < -0.3 is 10.1 Å². The highest BCUT2D eigenvalue weighted by Crippen LogP contribution is 2.18. The van der Waals surface area contributed by atoms with Gasteiger partial charge in [-0.2, -0.15) is 0 Å². The summed E-state index contributed by atoms with van der Waals surface area (Å²) in [6.07, 6.45) is 1.31. The molecule has 0 bridgehead atoms. The molecular formula is C13H15ClN4O2. The maximum atomic E-state index is 11.9. The number of carbonyl (C=O) groups is 1. The number of rotatable bonds is 5. The zero-order valence-electron chi connectivity index (χ0n) is 11.2. The molecule has 0 spiro atoms. The molecule has 7 heteroatoms. The predicted molar refractivity (Wildman–Crippen MR) is 74.5 cm³/mol. The van der Waals surface area contributed by atoms with Crippen molar-refractivity contribution in [1.82, 2.24) is 20.3 Å². The van der Waals surface area contributed by atoms with E-state index in [4.69, 9.17) is 16.3 Å². The van der Waals surface area contributed by atoms with E-state index in [-0.39, 0.29) is 17.7 Å². The molecule has 20 heavy (non-hydrogen) atoms. The van der Waals surface area contributed by atoms with Gasteiger partial charge in [0.1, 0.15) is 0 Å². The van der Waals surface area contributed by atoms with Crippen LogP contribution in [0.1, 0.15) is 22.2 Å². The van der Waals surface area contributed by atoms with Crippen LogP contribution in [0.3, 0.4) is 0 Å². The van der Waals surface area contributed by atoms with E-state index in [1.54, 1.807) is 32.5 Å². The number of nitrogens with zero attached hydrogens (tertiary/aromatic N) is 3. The standard InChI is InChI=1S/C13H15ClN4O2/c1-18-8-11(16-17-18)13(19)15-7-12(20-2)9-3-5-10(14)6-4-9/h3-6,8,12H,7H2,1-2H3,(H,15,19). The van der Waals surface area contributed by atoms with Crippen LogP contribution in [0.15, 0.2) is 30.5 Å². The van der Waals surface area contributed by atoms with Gasteiger partial charge in [0, 0.05) is 25.7 Å². The molecule has 1 N–H and O–H groups in total. The zero-order chi connectivity index (χ0) is 14.5. The second kappa shape index (κ2) is 6.49. The van der Waals surface area contributed by atoms with Gasteiger partial charge in [-0.05, 0) is 17.7 Å². The van der Waals surface area contributed by atoms with Crippen LogP contribution in [0, 0.1) is 0 Å². The highest BCUT2D eigenvalue weighted by atomic mass is 35.5. The van der Waals surface area contributed by atoms with Gasteiger partial charge in [0.2, 0.25) is 0 Å². The summed E-state index contributed by atoms with van der Waals surface area (Å²) >= 11 is 5.84. The van der Waals surface area contributed by atoms with Crippen LogP contribution >= 0.6 is 11.6 Å². The van der Waals surface area contributed by atoms with Crippen molar-refractivity contribution >= 4 is 17.5 Å². The average Bonchev–Trinajstić information content (AvgIpc) is 2.88. The number of hydrogen-bond acceptors (Lipinski definition) is 4. The van der Waals surface area contributed by atoms with E-state index in [0.717, 1.165) is 5.56 Å². The number of amides is 1. The fourth-order valence-corrected chi connectivity index (χ4v) is 1.87. The van der Waals surface area contributed by atoms with E-state index in [9.17, 15) is 4.79 Å². The summed E-state index contributed by atoms with van der Waals surface area (Å²) in [7, 11) is 3.29. The van der Waals surface area contributed by atoms with Crippen molar-refractivity contribution in [2.75, 3.05) is 13.7 Å². The Morgan fingerprint density at radius 3 is 2.70 bits per heavy atom. The predicted octanol–water partition coefficient (Wildman–Crippen LogP) is 1.59. The Bertz CT molecular complexity index is 582. The molecule has 0 saturated heterocycles. The van der Waals surface area contributed by atoms with Crippen molar-refractivity contribution in [2.45, 2.75) is 6.10 Å². The lowest BCUT2D eigenvalue weighted by atomic mass is 10.1. The monoisotopic (exact) mass is 294 g/mol. The van der Waals surface area contributed by atoms with E-state index >= 15 is 0 Å². The maximum Gasteiger partial charge on any atom is 0.273 e. The largest absolute Gasteiger partial charge is 0.375 e. The second-order valence-electron chi connectivity index (χ2n) is 4.26. The molecule has 1 aromatic heterocycles. The second-order valence-corrected chi connectivity index (χ2v) is 4.70. The summed E-state index contributed by atoms with van der Waals surface area (Å²) in [5.74, 6) is -0.283. The lowest BCUT2D eigenvalue weighted by Gasteiger charge is -2.16. The molecule has 6 nitrogen and oxygen atoms in total. The number of ether oxygens (including phenoxy) is 1. The van der Waals surface area contributed by atoms with Gasteiger partial charge >= 0.3 is 0 Å². The number of hydrogen-bond donors (Lipinski definition) is 1. The Morgan fingerprint density at radius 1 is 1.45 bits per heavy atom. The lowest BCUT2D eigenvalue weighted by Crippen LogP contribution is -2.29. The minimum absolute atomic E-state index is 0.243. The third kappa shape index (κ3) is 3.55.